The monoisotopic (exact) mass is 486 g/mol. The number of amides is 4. The molecule has 0 saturated carbocycles. The number of nitrogens with zero attached hydrogens (tertiary/aromatic N) is 3. The number of rotatable bonds is 10. The Hall–Kier alpha value is -2.94. The van der Waals surface area contributed by atoms with Gasteiger partial charge in [0.2, 0.25) is 5.91 Å². The third kappa shape index (κ3) is 6.20. The molecule has 1 N–H and O–H groups in total. The molecule has 4 amide bonds. The van der Waals surface area contributed by atoms with Crippen molar-refractivity contribution in [2.24, 2.45) is 5.92 Å². The van der Waals surface area contributed by atoms with Gasteiger partial charge >= 0.3 is 12.0 Å². The number of carbonyl (C=O) groups excluding carboxylic acids is 4. The summed E-state index contributed by atoms with van der Waals surface area (Å²) in [6.07, 6.45) is 2.51. The largest absolute Gasteiger partial charge is 0.469 e. The van der Waals surface area contributed by atoms with E-state index in [-0.39, 0.29) is 36.6 Å². The highest BCUT2D eigenvalue weighted by Crippen LogP contribution is 2.37. The van der Waals surface area contributed by atoms with Crippen molar-refractivity contribution in [3.63, 3.8) is 0 Å². The Morgan fingerprint density at radius 3 is 2.46 bits per heavy atom. The van der Waals surface area contributed by atoms with Crippen molar-refractivity contribution in [1.82, 2.24) is 20.0 Å². The van der Waals surface area contributed by atoms with Gasteiger partial charge in [-0.25, -0.2) is 4.79 Å². The molecule has 0 radical (unpaired) electrons. The lowest BCUT2D eigenvalue weighted by Crippen LogP contribution is -2.58. The number of urea groups is 1. The number of ether oxygens (including phenoxy) is 1. The number of hydrogen-bond acceptors (Lipinski definition) is 6. The van der Waals surface area contributed by atoms with Gasteiger partial charge in [0.05, 0.1) is 13.5 Å². The van der Waals surface area contributed by atoms with Gasteiger partial charge in [-0.15, -0.1) is 0 Å². The minimum Gasteiger partial charge on any atom is -0.469 e. The fourth-order valence-electron chi connectivity index (χ4n) is 5.13. The molecule has 35 heavy (non-hydrogen) atoms. The van der Waals surface area contributed by atoms with Crippen LogP contribution in [0.4, 0.5) is 4.79 Å². The van der Waals surface area contributed by atoms with Crippen molar-refractivity contribution in [3.05, 3.63) is 35.4 Å². The molecule has 2 aliphatic rings. The van der Waals surface area contributed by atoms with E-state index < -0.39 is 11.5 Å². The summed E-state index contributed by atoms with van der Waals surface area (Å²) in [6.45, 7) is 4.16. The Kier molecular flexibility index (Phi) is 8.88. The van der Waals surface area contributed by atoms with Crippen LogP contribution in [0, 0.1) is 12.8 Å². The molecule has 2 heterocycles. The van der Waals surface area contributed by atoms with E-state index in [2.05, 4.69) is 10.1 Å². The van der Waals surface area contributed by atoms with Gasteiger partial charge in [-0.1, -0.05) is 24.3 Å². The zero-order valence-electron chi connectivity index (χ0n) is 21.3. The highest BCUT2D eigenvalue weighted by atomic mass is 16.5. The first kappa shape index (κ1) is 26.7. The lowest BCUT2D eigenvalue weighted by molar-refractivity contribution is -0.144. The van der Waals surface area contributed by atoms with Crippen LogP contribution in [0.15, 0.2) is 24.3 Å². The van der Waals surface area contributed by atoms with Crippen molar-refractivity contribution in [3.8, 4) is 0 Å². The zero-order valence-corrected chi connectivity index (χ0v) is 21.3. The maximum atomic E-state index is 13.9. The topological polar surface area (TPSA) is 99.3 Å². The van der Waals surface area contributed by atoms with E-state index in [1.165, 1.54) is 12.0 Å². The van der Waals surface area contributed by atoms with Gasteiger partial charge in [-0.05, 0) is 63.9 Å². The average Bonchev–Trinajstić information content (AvgIpc) is 3.08. The van der Waals surface area contributed by atoms with E-state index in [1.54, 1.807) is 4.90 Å². The molecule has 9 nitrogen and oxygen atoms in total. The van der Waals surface area contributed by atoms with Gasteiger partial charge in [0.1, 0.15) is 5.54 Å². The number of methoxy groups -OCH3 is 1. The Labute approximate surface area is 207 Å². The first-order chi connectivity index (χ1) is 16.7. The van der Waals surface area contributed by atoms with Gasteiger partial charge in [0.15, 0.2) is 0 Å². The Balaban J connectivity index is 1.77. The Morgan fingerprint density at radius 2 is 1.83 bits per heavy atom. The molecule has 1 atom stereocenters. The molecule has 0 bridgehead atoms. The second kappa shape index (κ2) is 11.7. The first-order valence-electron chi connectivity index (χ1n) is 12.4. The number of imide groups is 1. The average molecular weight is 487 g/mol. The van der Waals surface area contributed by atoms with Gasteiger partial charge in [-0.3, -0.25) is 19.3 Å². The Bertz CT molecular complexity index is 941. The summed E-state index contributed by atoms with van der Waals surface area (Å²) in [5, 5.41) is 3.10. The second-order valence-electron chi connectivity index (χ2n) is 9.85. The van der Waals surface area contributed by atoms with Crippen molar-refractivity contribution in [2.45, 2.75) is 51.0 Å². The number of likely N-dealkylation sites (tertiary alicyclic amines) is 1. The van der Waals surface area contributed by atoms with Crippen LogP contribution in [0.2, 0.25) is 0 Å². The molecular formula is C26H38N4O5. The van der Waals surface area contributed by atoms with Crippen LogP contribution in [0.3, 0.4) is 0 Å². The first-order valence-corrected chi connectivity index (χ1v) is 12.4. The van der Waals surface area contributed by atoms with Crippen LogP contribution >= 0.6 is 0 Å². The van der Waals surface area contributed by atoms with E-state index in [0.29, 0.717) is 45.3 Å². The number of piperidine rings is 1. The summed E-state index contributed by atoms with van der Waals surface area (Å²) in [5.74, 6) is -0.755. The second-order valence-corrected chi connectivity index (χ2v) is 9.85. The summed E-state index contributed by atoms with van der Waals surface area (Å²) in [4.78, 5) is 56.0. The minimum atomic E-state index is -1.03. The van der Waals surface area contributed by atoms with Gasteiger partial charge in [0.25, 0.3) is 5.91 Å². The number of nitrogens with one attached hydrogen (secondary N) is 1. The fourth-order valence-corrected chi connectivity index (χ4v) is 5.13. The molecule has 0 aliphatic carbocycles. The summed E-state index contributed by atoms with van der Waals surface area (Å²) >= 11 is 0. The summed E-state index contributed by atoms with van der Waals surface area (Å²) in [7, 11) is 5.24. The summed E-state index contributed by atoms with van der Waals surface area (Å²) < 4.78 is 4.63. The number of carbonyl (C=O) groups is 4. The highest BCUT2D eigenvalue weighted by molar-refractivity contribution is 6.07. The molecule has 2 aliphatic heterocycles. The third-order valence-corrected chi connectivity index (χ3v) is 7.23. The normalized spacial score (nSPS) is 20.9. The van der Waals surface area contributed by atoms with E-state index in [0.717, 1.165) is 17.7 Å². The molecular weight excluding hydrogens is 448 g/mol. The molecule has 1 aromatic carbocycles. The fraction of sp³-hybridized carbons (Fsp3) is 0.615. The van der Waals surface area contributed by atoms with Crippen molar-refractivity contribution in [2.75, 3.05) is 47.4 Å². The number of hydrogen-bond donors (Lipinski definition) is 1. The van der Waals surface area contributed by atoms with Crippen LogP contribution in [-0.4, -0.2) is 91.4 Å². The molecule has 2 saturated heterocycles. The van der Waals surface area contributed by atoms with Crippen molar-refractivity contribution < 1.29 is 23.9 Å². The third-order valence-electron chi connectivity index (χ3n) is 7.23. The molecule has 0 unspecified atom stereocenters. The smallest absolute Gasteiger partial charge is 0.325 e. The summed E-state index contributed by atoms with van der Waals surface area (Å²) in [5.41, 5.74) is 1.09. The number of aryl methyl sites for hydroxylation is 1. The number of benzene rings is 1. The molecule has 0 spiro atoms. The van der Waals surface area contributed by atoms with Crippen LogP contribution in [-0.2, 0) is 25.5 Å². The van der Waals surface area contributed by atoms with E-state index in [1.807, 2.05) is 50.2 Å². The highest BCUT2D eigenvalue weighted by Gasteiger charge is 2.55. The lowest BCUT2D eigenvalue weighted by atomic mass is 9.73. The van der Waals surface area contributed by atoms with Gasteiger partial charge in [-0.2, -0.15) is 0 Å². The van der Waals surface area contributed by atoms with Crippen molar-refractivity contribution >= 4 is 23.8 Å². The molecule has 3 rings (SSSR count). The maximum absolute atomic E-state index is 13.9. The summed E-state index contributed by atoms with van der Waals surface area (Å²) in [6, 6.07) is 7.61. The molecule has 192 valence electrons. The van der Waals surface area contributed by atoms with Crippen LogP contribution < -0.4 is 5.32 Å². The molecule has 1 aromatic rings. The minimum absolute atomic E-state index is 0.0585. The van der Waals surface area contributed by atoms with E-state index in [9.17, 15) is 19.2 Å². The quantitative estimate of drug-likeness (QED) is 0.401. The molecule has 2 fully saturated rings. The molecule has 0 aromatic heterocycles. The van der Waals surface area contributed by atoms with E-state index in [4.69, 9.17) is 0 Å². The van der Waals surface area contributed by atoms with Crippen LogP contribution in [0.1, 0.15) is 43.2 Å². The Morgan fingerprint density at radius 1 is 1.14 bits per heavy atom. The van der Waals surface area contributed by atoms with Gasteiger partial charge in [0, 0.05) is 32.5 Å². The lowest BCUT2D eigenvalue weighted by Gasteiger charge is -2.41. The van der Waals surface area contributed by atoms with E-state index >= 15 is 0 Å². The van der Waals surface area contributed by atoms with Crippen LogP contribution in [0.5, 0.6) is 0 Å². The predicted octanol–water partition coefficient (Wildman–Crippen LogP) is 1.97. The van der Waals surface area contributed by atoms with Gasteiger partial charge < -0.3 is 19.9 Å². The zero-order chi connectivity index (χ0) is 25.6. The standard InChI is InChI=1S/C26H38N4O5/c1-19-8-5-6-9-20(19)18-26(24(33)30(25(34)27-26)15-7-14-28(2)3)21-12-16-29(17-13-21)22(31)10-11-23(32)35-4/h5-6,8-9,21H,7,10-18H2,1-4H3,(H,27,34)/t26-/m1/s1. The SMILES string of the molecule is COC(=O)CCC(=O)N1CCC([C@@]2(Cc3ccccc3C)NC(=O)N(CCCN(C)C)C2=O)CC1. The van der Waals surface area contributed by atoms with Crippen molar-refractivity contribution in [1.29, 1.82) is 0 Å². The number of esters is 1. The van der Waals surface area contributed by atoms with Crippen LogP contribution in [0.25, 0.3) is 0 Å². The molecule has 9 heteroatoms. The predicted molar refractivity (Wildman–Crippen MR) is 132 cm³/mol. The maximum Gasteiger partial charge on any atom is 0.325 e.